The van der Waals surface area contributed by atoms with E-state index in [2.05, 4.69) is 78.9 Å². The Balaban J connectivity index is 1.24. The molecule has 5 heteroatoms. The minimum Gasteiger partial charge on any atom is -0.334 e. The molecular weight excluding hydrogens is 446 g/mol. The van der Waals surface area contributed by atoms with Crippen molar-refractivity contribution in [2.75, 3.05) is 0 Å². The van der Waals surface area contributed by atoms with Crippen LogP contribution in [0.25, 0.3) is 34.0 Å². The van der Waals surface area contributed by atoms with Gasteiger partial charge < -0.3 is 14.6 Å². The average Bonchev–Trinajstić information content (AvgIpc) is 3.36. The number of nitrogens with zero attached hydrogens (tertiary/aromatic N) is 2. The lowest BCUT2D eigenvalue weighted by Crippen LogP contribution is -2.44. The normalized spacial score (nSPS) is 21.0. The monoisotopic (exact) mass is 477 g/mol. The van der Waals surface area contributed by atoms with E-state index in [1.807, 2.05) is 6.07 Å². The zero-order valence-corrected chi connectivity index (χ0v) is 20.8. The van der Waals surface area contributed by atoms with Crippen LogP contribution in [0.3, 0.4) is 0 Å². The minimum atomic E-state index is 0.238. The van der Waals surface area contributed by atoms with E-state index in [0.29, 0.717) is 23.8 Å². The first-order valence-electron chi connectivity index (χ1n) is 12.9. The highest BCUT2D eigenvalue weighted by atomic mass is 16.5. The van der Waals surface area contributed by atoms with Crippen LogP contribution in [0.4, 0.5) is 0 Å². The number of hydrogen-bond acceptors (Lipinski definition) is 5. The van der Waals surface area contributed by atoms with Crippen LogP contribution in [0.1, 0.15) is 54.0 Å². The topological polar surface area (TPSA) is 68.0 Å². The second kappa shape index (κ2) is 9.47. The molecule has 1 heterocycles. The maximum atomic E-state index is 10.9. The van der Waals surface area contributed by atoms with Gasteiger partial charge in [0, 0.05) is 29.1 Å². The van der Waals surface area contributed by atoms with Gasteiger partial charge in [-0.2, -0.15) is 4.98 Å². The third-order valence-corrected chi connectivity index (χ3v) is 7.79. The Kier molecular flexibility index (Phi) is 6.02. The summed E-state index contributed by atoms with van der Waals surface area (Å²) in [5, 5.41) is 8.10. The van der Waals surface area contributed by atoms with Crippen molar-refractivity contribution in [2.45, 2.75) is 58.0 Å². The Morgan fingerprint density at radius 3 is 2.47 bits per heavy atom. The van der Waals surface area contributed by atoms with Gasteiger partial charge in [-0.3, -0.25) is 0 Å². The van der Waals surface area contributed by atoms with E-state index in [9.17, 15) is 4.79 Å². The van der Waals surface area contributed by atoms with Crippen LogP contribution in [-0.2, 0) is 11.2 Å². The summed E-state index contributed by atoms with van der Waals surface area (Å²) in [6.07, 6.45) is 6.38. The fraction of sp³-hybridized carbons (Fsp3) is 0.323. The van der Waals surface area contributed by atoms with Crippen molar-refractivity contribution in [1.29, 1.82) is 0 Å². The van der Waals surface area contributed by atoms with Crippen molar-refractivity contribution in [3.8, 4) is 34.0 Å². The van der Waals surface area contributed by atoms with E-state index in [0.717, 1.165) is 49.5 Å². The molecule has 0 bridgehead atoms. The van der Waals surface area contributed by atoms with Crippen LogP contribution >= 0.6 is 0 Å². The highest BCUT2D eigenvalue weighted by Crippen LogP contribution is 2.36. The van der Waals surface area contributed by atoms with Crippen LogP contribution in [0, 0.1) is 19.8 Å². The molecule has 3 aromatic carbocycles. The summed E-state index contributed by atoms with van der Waals surface area (Å²) in [6, 6.07) is 22.1. The summed E-state index contributed by atoms with van der Waals surface area (Å²) in [6.45, 7) is 4.26. The van der Waals surface area contributed by atoms with Gasteiger partial charge in [-0.25, -0.2) is 0 Å². The van der Waals surface area contributed by atoms with Crippen LogP contribution in [0.5, 0.6) is 0 Å². The SMILES string of the molecule is Cc1cc(-c2nc(-c3ccc4c(c3)CCCC4N[C@H]3C[C@H](C=O)C3)no2)cc(C)c1-c1ccccc1. The number of carbonyl (C=O) groups is 1. The molecule has 2 aliphatic carbocycles. The fourth-order valence-electron chi connectivity index (χ4n) is 5.93. The molecule has 0 saturated heterocycles. The molecule has 5 nitrogen and oxygen atoms in total. The smallest absolute Gasteiger partial charge is 0.258 e. The molecule has 1 fully saturated rings. The number of aldehydes is 1. The number of hydrogen-bond donors (Lipinski definition) is 1. The summed E-state index contributed by atoms with van der Waals surface area (Å²) >= 11 is 0. The molecule has 1 unspecified atom stereocenters. The zero-order chi connectivity index (χ0) is 24.6. The van der Waals surface area contributed by atoms with Crippen LogP contribution in [0.15, 0.2) is 65.2 Å². The van der Waals surface area contributed by atoms with E-state index >= 15 is 0 Å². The number of nitrogens with one attached hydrogen (secondary N) is 1. The first kappa shape index (κ1) is 22.9. The maximum absolute atomic E-state index is 10.9. The molecule has 2 aliphatic rings. The second-order valence-corrected chi connectivity index (χ2v) is 10.4. The predicted octanol–water partition coefficient (Wildman–Crippen LogP) is 6.63. The number of benzene rings is 3. The van der Waals surface area contributed by atoms with Crippen molar-refractivity contribution in [3.63, 3.8) is 0 Å². The number of aryl methyl sites for hydroxylation is 3. The molecule has 0 amide bonds. The molecule has 0 radical (unpaired) electrons. The van der Waals surface area contributed by atoms with Gasteiger partial charge in [0.1, 0.15) is 6.29 Å². The van der Waals surface area contributed by atoms with E-state index < -0.39 is 0 Å². The van der Waals surface area contributed by atoms with E-state index in [-0.39, 0.29) is 5.92 Å². The van der Waals surface area contributed by atoms with Crippen LogP contribution in [-0.4, -0.2) is 22.5 Å². The Hall–Kier alpha value is -3.57. The molecular formula is C31H31N3O2. The van der Waals surface area contributed by atoms with Crippen LogP contribution in [0.2, 0.25) is 0 Å². The molecule has 36 heavy (non-hydrogen) atoms. The number of rotatable bonds is 6. The van der Waals surface area contributed by atoms with Gasteiger partial charge in [-0.1, -0.05) is 47.6 Å². The van der Waals surface area contributed by atoms with E-state index in [1.54, 1.807) is 0 Å². The summed E-state index contributed by atoms with van der Waals surface area (Å²) < 4.78 is 5.72. The third kappa shape index (κ3) is 4.28. The fourth-order valence-corrected chi connectivity index (χ4v) is 5.93. The quantitative estimate of drug-likeness (QED) is 0.316. The van der Waals surface area contributed by atoms with Crippen molar-refractivity contribution in [3.05, 3.63) is 82.9 Å². The molecule has 4 aromatic rings. The maximum Gasteiger partial charge on any atom is 0.258 e. The van der Waals surface area contributed by atoms with Crippen molar-refractivity contribution in [2.24, 2.45) is 5.92 Å². The molecule has 0 aliphatic heterocycles. The molecule has 1 aromatic heterocycles. The van der Waals surface area contributed by atoms with E-state index in [1.165, 1.54) is 33.4 Å². The lowest BCUT2D eigenvalue weighted by molar-refractivity contribution is -0.113. The number of fused-ring (bicyclic) bond motifs is 1. The largest absolute Gasteiger partial charge is 0.334 e. The van der Waals surface area contributed by atoms with Gasteiger partial charge in [0.2, 0.25) is 5.82 Å². The standard InChI is InChI=1S/C31H31N3O2/c1-19-13-25(14-20(2)29(19)22-7-4-3-5-8-22)31-33-30(34-36-31)24-11-12-27-23(17-24)9-6-10-28(27)32-26-15-21(16-26)18-35/h3-5,7-8,11-14,17-18,21,26,28,32H,6,9-10,15-16H2,1-2H3/t21-,26-,28?. The van der Waals surface area contributed by atoms with Gasteiger partial charge >= 0.3 is 0 Å². The molecule has 0 spiro atoms. The number of carbonyl (C=O) groups excluding carboxylic acids is 1. The van der Waals surface area contributed by atoms with Crippen molar-refractivity contribution >= 4 is 6.29 Å². The lowest BCUT2D eigenvalue weighted by Gasteiger charge is -2.37. The van der Waals surface area contributed by atoms with Crippen LogP contribution < -0.4 is 5.32 Å². The van der Waals surface area contributed by atoms with Gasteiger partial charge in [0.05, 0.1) is 0 Å². The zero-order valence-electron chi connectivity index (χ0n) is 20.8. The highest BCUT2D eigenvalue weighted by Gasteiger charge is 2.32. The van der Waals surface area contributed by atoms with Gasteiger partial charge in [-0.15, -0.1) is 0 Å². The summed E-state index contributed by atoms with van der Waals surface area (Å²) in [7, 11) is 0. The molecule has 6 rings (SSSR count). The van der Waals surface area contributed by atoms with Crippen molar-refractivity contribution in [1.82, 2.24) is 15.5 Å². The van der Waals surface area contributed by atoms with Gasteiger partial charge in [-0.05, 0) is 97.5 Å². The van der Waals surface area contributed by atoms with Crippen molar-refractivity contribution < 1.29 is 9.32 Å². The Morgan fingerprint density at radius 2 is 1.72 bits per heavy atom. The third-order valence-electron chi connectivity index (χ3n) is 7.79. The molecule has 1 saturated carbocycles. The highest BCUT2D eigenvalue weighted by molar-refractivity contribution is 5.75. The Morgan fingerprint density at radius 1 is 0.944 bits per heavy atom. The molecule has 182 valence electrons. The first-order chi connectivity index (χ1) is 17.6. The van der Waals surface area contributed by atoms with Gasteiger partial charge in [0.15, 0.2) is 0 Å². The van der Waals surface area contributed by atoms with Gasteiger partial charge in [0.25, 0.3) is 5.89 Å². The minimum absolute atomic E-state index is 0.238. The predicted molar refractivity (Wildman–Crippen MR) is 141 cm³/mol. The summed E-state index contributed by atoms with van der Waals surface area (Å²) in [4.78, 5) is 15.7. The average molecular weight is 478 g/mol. The lowest BCUT2D eigenvalue weighted by atomic mass is 9.79. The summed E-state index contributed by atoms with van der Waals surface area (Å²) in [5.74, 6) is 1.41. The Labute approximate surface area is 212 Å². The Bertz CT molecular complexity index is 1380. The number of aromatic nitrogens is 2. The van der Waals surface area contributed by atoms with E-state index in [4.69, 9.17) is 9.51 Å². The summed E-state index contributed by atoms with van der Waals surface area (Å²) in [5.41, 5.74) is 9.50. The molecule has 1 atom stereocenters. The second-order valence-electron chi connectivity index (χ2n) is 10.4. The molecule has 1 N–H and O–H groups in total. The first-order valence-corrected chi connectivity index (χ1v) is 12.9.